The van der Waals surface area contributed by atoms with Gasteiger partial charge in [-0.1, -0.05) is 38.1 Å². The standard InChI is InChI=1S/C13H19NO2/c1-4-10(2)12-7-5-11(6-8-12)9-14(3)13(15)16/h5-8,10H,4,9H2,1-3H3,(H,15,16). The first kappa shape index (κ1) is 12.6. The molecule has 0 aliphatic carbocycles. The lowest BCUT2D eigenvalue weighted by Gasteiger charge is -2.14. The smallest absolute Gasteiger partial charge is 0.407 e. The average Bonchev–Trinajstić information content (AvgIpc) is 2.28. The molecular weight excluding hydrogens is 202 g/mol. The Kier molecular flexibility index (Phi) is 4.35. The van der Waals surface area contributed by atoms with Crippen molar-refractivity contribution >= 4 is 6.09 Å². The summed E-state index contributed by atoms with van der Waals surface area (Å²) in [6.45, 7) is 4.80. The van der Waals surface area contributed by atoms with Crippen LogP contribution < -0.4 is 0 Å². The first-order valence-electron chi connectivity index (χ1n) is 5.57. The summed E-state index contributed by atoms with van der Waals surface area (Å²) in [7, 11) is 1.57. The van der Waals surface area contributed by atoms with Gasteiger partial charge in [-0.15, -0.1) is 0 Å². The van der Waals surface area contributed by atoms with E-state index < -0.39 is 6.09 Å². The first-order chi connectivity index (χ1) is 7.54. The fourth-order valence-corrected chi connectivity index (χ4v) is 1.53. The molecule has 0 aromatic heterocycles. The van der Waals surface area contributed by atoms with Crippen LogP contribution in [0.2, 0.25) is 0 Å². The van der Waals surface area contributed by atoms with Crippen LogP contribution in [0.3, 0.4) is 0 Å². The number of hydrogen-bond donors (Lipinski definition) is 1. The molecule has 0 heterocycles. The number of carboxylic acid groups (broad SMARTS) is 1. The minimum atomic E-state index is -0.897. The van der Waals surface area contributed by atoms with E-state index in [2.05, 4.69) is 26.0 Å². The van der Waals surface area contributed by atoms with Gasteiger partial charge in [0, 0.05) is 13.6 Å². The van der Waals surface area contributed by atoms with Gasteiger partial charge in [0.2, 0.25) is 0 Å². The van der Waals surface area contributed by atoms with Crippen molar-refractivity contribution in [2.24, 2.45) is 0 Å². The first-order valence-corrected chi connectivity index (χ1v) is 5.57. The predicted molar refractivity (Wildman–Crippen MR) is 64.6 cm³/mol. The monoisotopic (exact) mass is 221 g/mol. The Hall–Kier alpha value is -1.51. The van der Waals surface area contributed by atoms with E-state index in [1.165, 1.54) is 10.5 Å². The number of rotatable bonds is 4. The zero-order valence-electron chi connectivity index (χ0n) is 10.1. The molecule has 88 valence electrons. The minimum Gasteiger partial charge on any atom is -0.465 e. The van der Waals surface area contributed by atoms with E-state index >= 15 is 0 Å². The van der Waals surface area contributed by atoms with Crippen molar-refractivity contribution < 1.29 is 9.90 Å². The summed E-state index contributed by atoms with van der Waals surface area (Å²) in [5.41, 5.74) is 2.33. The largest absolute Gasteiger partial charge is 0.465 e. The third-order valence-electron chi connectivity index (χ3n) is 2.91. The van der Waals surface area contributed by atoms with Crippen LogP contribution in [-0.4, -0.2) is 23.1 Å². The molecule has 0 bridgehead atoms. The highest BCUT2D eigenvalue weighted by Gasteiger charge is 2.07. The summed E-state index contributed by atoms with van der Waals surface area (Å²) in [4.78, 5) is 11.9. The van der Waals surface area contributed by atoms with E-state index in [0.29, 0.717) is 12.5 Å². The van der Waals surface area contributed by atoms with Crippen LogP contribution in [0.1, 0.15) is 37.3 Å². The van der Waals surface area contributed by atoms with Crippen LogP contribution in [0.15, 0.2) is 24.3 Å². The number of carbonyl (C=O) groups is 1. The summed E-state index contributed by atoms with van der Waals surface area (Å²) in [6.07, 6.45) is 0.222. The van der Waals surface area contributed by atoms with Gasteiger partial charge in [-0.05, 0) is 23.5 Å². The second-order valence-corrected chi connectivity index (χ2v) is 4.19. The fraction of sp³-hybridized carbons (Fsp3) is 0.462. The van der Waals surface area contributed by atoms with Gasteiger partial charge in [0.05, 0.1) is 0 Å². The number of amides is 1. The minimum absolute atomic E-state index is 0.441. The Morgan fingerprint density at radius 1 is 1.38 bits per heavy atom. The molecule has 1 aromatic rings. The summed E-state index contributed by atoms with van der Waals surface area (Å²) in [6, 6.07) is 8.17. The SMILES string of the molecule is CCC(C)c1ccc(CN(C)C(=O)O)cc1. The van der Waals surface area contributed by atoms with Gasteiger partial charge in [-0.2, -0.15) is 0 Å². The van der Waals surface area contributed by atoms with Crippen LogP contribution in [0.4, 0.5) is 4.79 Å². The highest BCUT2D eigenvalue weighted by atomic mass is 16.4. The van der Waals surface area contributed by atoms with Gasteiger partial charge in [0.25, 0.3) is 0 Å². The molecule has 1 atom stereocenters. The van der Waals surface area contributed by atoms with E-state index in [-0.39, 0.29) is 0 Å². The van der Waals surface area contributed by atoms with Crippen LogP contribution >= 0.6 is 0 Å². The van der Waals surface area contributed by atoms with Gasteiger partial charge >= 0.3 is 6.09 Å². The summed E-state index contributed by atoms with van der Waals surface area (Å²) >= 11 is 0. The van der Waals surface area contributed by atoms with E-state index in [9.17, 15) is 4.79 Å². The Labute approximate surface area is 96.7 Å². The molecule has 1 rings (SSSR count). The predicted octanol–water partition coefficient (Wildman–Crippen LogP) is 3.31. The molecule has 1 amide bonds. The lowest BCUT2D eigenvalue weighted by molar-refractivity contribution is 0.154. The number of nitrogens with zero attached hydrogens (tertiary/aromatic N) is 1. The molecule has 0 spiro atoms. The molecule has 0 saturated carbocycles. The van der Waals surface area contributed by atoms with Gasteiger partial charge in [-0.25, -0.2) is 4.79 Å². The molecule has 1 aromatic carbocycles. The molecule has 3 nitrogen and oxygen atoms in total. The normalized spacial score (nSPS) is 12.2. The summed E-state index contributed by atoms with van der Waals surface area (Å²) < 4.78 is 0. The van der Waals surface area contributed by atoms with Crippen molar-refractivity contribution in [3.05, 3.63) is 35.4 Å². The molecule has 0 fully saturated rings. The van der Waals surface area contributed by atoms with Crippen LogP contribution in [0.25, 0.3) is 0 Å². The fourth-order valence-electron chi connectivity index (χ4n) is 1.53. The second kappa shape index (κ2) is 5.54. The molecule has 16 heavy (non-hydrogen) atoms. The van der Waals surface area contributed by atoms with Gasteiger partial charge in [-0.3, -0.25) is 0 Å². The van der Waals surface area contributed by atoms with Crippen molar-refractivity contribution in [3.63, 3.8) is 0 Å². The van der Waals surface area contributed by atoms with Crippen molar-refractivity contribution in [2.75, 3.05) is 7.05 Å². The molecule has 0 aliphatic rings. The summed E-state index contributed by atoms with van der Waals surface area (Å²) in [5, 5.41) is 8.75. The third-order valence-corrected chi connectivity index (χ3v) is 2.91. The lowest BCUT2D eigenvalue weighted by atomic mass is 9.98. The molecule has 3 heteroatoms. The maximum absolute atomic E-state index is 10.7. The zero-order valence-corrected chi connectivity index (χ0v) is 10.1. The Morgan fingerprint density at radius 2 is 1.94 bits per heavy atom. The van der Waals surface area contributed by atoms with Crippen molar-refractivity contribution in [1.82, 2.24) is 4.90 Å². The van der Waals surface area contributed by atoms with Gasteiger partial charge < -0.3 is 10.0 Å². The quantitative estimate of drug-likeness (QED) is 0.847. The molecule has 0 radical (unpaired) electrons. The average molecular weight is 221 g/mol. The van der Waals surface area contributed by atoms with Gasteiger partial charge in [0.1, 0.15) is 0 Å². The van der Waals surface area contributed by atoms with E-state index in [1.54, 1.807) is 7.05 Å². The van der Waals surface area contributed by atoms with Gasteiger partial charge in [0.15, 0.2) is 0 Å². The van der Waals surface area contributed by atoms with Crippen LogP contribution in [-0.2, 0) is 6.54 Å². The van der Waals surface area contributed by atoms with Crippen molar-refractivity contribution in [2.45, 2.75) is 32.7 Å². The molecular formula is C13H19NO2. The summed E-state index contributed by atoms with van der Waals surface area (Å²) in [5.74, 6) is 0.561. The maximum Gasteiger partial charge on any atom is 0.407 e. The van der Waals surface area contributed by atoms with E-state index in [0.717, 1.165) is 12.0 Å². The van der Waals surface area contributed by atoms with Crippen molar-refractivity contribution in [1.29, 1.82) is 0 Å². The highest BCUT2D eigenvalue weighted by Crippen LogP contribution is 2.19. The molecule has 1 N–H and O–H groups in total. The second-order valence-electron chi connectivity index (χ2n) is 4.19. The Balaban J connectivity index is 2.68. The molecule has 0 saturated heterocycles. The molecule has 0 aliphatic heterocycles. The topological polar surface area (TPSA) is 40.5 Å². The maximum atomic E-state index is 10.7. The zero-order chi connectivity index (χ0) is 12.1. The van der Waals surface area contributed by atoms with Crippen LogP contribution in [0.5, 0.6) is 0 Å². The van der Waals surface area contributed by atoms with E-state index in [4.69, 9.17) is 5.11 Å². The number of benzene rings is 1. The molecule has 1 unspecified atom stereocenters. The third kappa shape index (κ3) is 3.26. The Bertz CT molecular complexity index is 345. The van der Waals surface area contributed by atoms with E-state index in [1.807, 2.05) is 12.1 Å². The lowest BCUT2D eigenvalue weighted by Crippen LogP contribution is -2.23. The Morgan fingerprint density at radius 3 is 2.38 bits per heavy atom. The highest BCUT2D eigenvalue weighted by molar-refractivity contribution is 5.64. The van der Waals surface area contributed by atoms with Crippen LogP contribution in [0, 0.1) is 0 Å². The number of hydrogen-bond acceptors (Lipinski definition) is 1. The van der Waals surface area contributed by atoms with Crippen molar-refractivity contribution in [3.8, 4) is 0 Å².